The van der Waals surface area contributed by atoms with Gasteiger partial charge < -0.3 is 10.5 Å². The zero-order chi connectivity index (χ0) is 13.0. The van der Waals surface area contributed by atoms with Gasteiger partial charge in [-0.15, -0.1) is 0 Å². The van der Waals surface area contributed by atoms with E-state index in [2.05, 4.69) is 0 Å². The Morgan fingerprint density at radius 2 is 1.89 bits per heavy atom. The maximum absolute atomic E-state index is 11.8. The van der Waals surface area contributed by atoms with Crippen molar-refractivity contribution in [2.75, 3.05) is 12.3 Å². The van der Waals surface area contributed by atoms with E-state index >= 15 is 0 Å². The Hall–Kier alpha value is -2.00. The Labute approximate surface area is 110 Å². The Morgan fingerprint density at radius 1 is 1.17 bits per heavy atom. The molecule has 0 aliphatic heterocycles. The molecule has 0 heterocycles. The normalized spacial score (nSPS) is 10.1. The van der Waals surface area contributed by atoms with Gasteiger partial charge in [0, 0.05) is 22.3 Å². The van der Waals surface area contributed by atoms with Crippen LogP contribution in [0.1, 0.15) is 10.4 Å². The monoisotopic (exact) mass is 261 g/mol. The van der Waals surface area contributed by atoms with Gasteiger partial charge in [0.15, 0.2) is 12.4 Å². The maximum atomic E-state index is 11.8. The third-order valence-corrected chi connectivity index (χ3v) is 2.65. The van der Waals surface area contributed by atoms with E-state index in [1.165, 1.54) is 0 Å². The van der Waals surface area contributed by atoms with Crippen molar-refractivity contribution in [2.24, 2.45) is 0 Å². The van der Waals surface area contributed by atoms with Crippen molar-refractivity contribution in [2.45, 2.75) is 0 Å². The fourth-order valence-electron chi connectivity index (χ4n) is 1.47. The number of nitrogen functional groups attached to an aromatic ring is 1. The van der Waals surface area contributed by atoms with Gasteiger partial charge in [-0.2, -0.15) is 0 Å². The molecule has 3 nitrogen and oxygen atoms in total. The van der Waals surface area contributed by atoms with Gasteiger partial charge in [0.25, 0.3) is 0 Å². The third kappa shape index (κ3) is 3.25. The number of carbonyl (C=O) groups excluding carboxylic acids is 1. The molecule has 0 bridgehead atoms. The number of halogens is 1. The van der Waals surface area contributed by atoms with E-state index in [-0.39, 0.29) is 12.4 Å². The zero-order valence-electron chi connectivity index (χ0n) is 9.60. The van der Waals surface area contributed by atoms with Crippen LogP contribution in [0.5, 0.6) is 5.75 Å². The molecule has 0 saturated heterocycles. The molecule has 0 atom stereocenters. The Morgan fingerprint density at radius 3 is 2.56 bits per heavy atom. The highest BCUT2D eigenvalue weighted by Crippen LogP contribution is 2.15. The first-order valence-corrected chi connectivity index (χ1v) is 5.80. The second-order valence-corrected chi connectivity index (χ2v) is 4.23. The second-order valence-electron chi connectivity index (χ2n) is 3.79. The van der Waals surface area contributed by atoms with Crippen molar-refractivity contribution in [1.82, 2.24) is 0 Å². The highest BCUT2D eigenvalue weighted by atomic mass is 35.5. The minimum Gasteiger partial charge on any atom is -0.485 e. The number of benzene rings is 2. The average molecular weight is 262 g/mol. The molecule has 0 amide bonds. The minimum absolute atomic E-state index is 0.0227. The Balaban J connectivity index is 1.98. The number of anilines is 1. The number of hydrogen-bond acceptors (Lipinski definition) is 3. The van der Waals surface area contributed by atoms with Crippen LogP contribution in [0.4, 0.5) is 5.69 Å². The summed E-state index contributed by atoms with van der Waals surface area (Å²) in [5.41, 5.74) is 6.79. The second kappa shape index (κ2) is 5.56. The lowest BCUT2D eigenvalue weighted by Crippen LogP contribution is -2.11. The minimum atomic E-state index is -0.103. The summed E-state index contributed by atoms with van der Waals surface area (Å²) in [4.78, 5) is 11.8. The van der Waals surface area contributed by atoms with E-state index < -0.39 is 0 Å². The molecule has 0 aromatic heterocycles. The molecule has 18 heavy (non-hydrogen) atoms. The molecule has 2 N–H and O–H groups in total. The molecule has 0 aliphatic rings. The number of ether oxygens (including phenoxy) is 1. The molecule has 2 rings (SSSR count). The lowest BCUT2D eigenvalue weighted by molar-refractivity contribution is 0.0921. The molecule has 2 aromatic rings. The van der Waals surface area contributed by atoms with Gasteiger partial charge >= 0.3 is 0 Å². The first-order valence-electron chi connectivity index (χ1n) is 5.42. The number of rotatable bonds is 4. The zero-order valence-corrected chi connectivity index (χ0v) is 10.4. The number of Topliss-reactive ketones (excluding diaryl/α,β-unsaturated/α-hetero) is 1. The van der Waals surface area contributed by atoms with Crippen molar-refractivity contribution in [3.8, 4) is 5.75 Å². The topological polar surface area (TPSA) is 52.3 Å². The summed E-state index contributed by atoms with van der Waals surface area (Å²) in [7, 11) is 0. The first kappa shape index (κ1) is 12.5. The van der Waals surface area contributed by atoms with E-state index in [1.54, 1.807) is 48.5 Å². The number of hydrogen-bond donors (Lipinski definition) is 1. The third-order valence-electron chi connectivity index (χ3n) is 2.39. The SMILES string of the molecule is Nc1cccc(OCC(=O)c2ccc(Cl)cc2)c1. The van der Waals surface area contributed by atoms with E-state index in [1.807, 2.05) is 0 Å². The summed E-state index contributed by atoms with van der Waals surface area (Å²) in [6, 6.07) is 13.7. The summed E-state index contributed by atoms with van der Waals surface area (Å²) < 4.78 is 5.37. The van der Waals surface area contributed by atoms with Gasteiger partial charge in [0.1, 0.15) is 5.75 Å². The predicted octanol–water partition coefficient (Wildman–Crippen LogP) is 3.18. The van der Waals surface area contributed by atoms with Crippen molar-refractivity contribution in [3.05, 3.63) is 59.1 Å². The smallest absolute Gasteiger partial charge is 0.200 e. The first-order chi connectivity index (χ1) is 8.65. The highest BCUT2D eigenvalue weighted by molar-refractivity contribution is 6.30. The van der Waals surface area contributed by atoms with Crippen LogP contribution in [-0.2, 0) is 0 Å². The maximum Gasteiger partial charge on any atom is 0.200 e. The lowest BCUT2D eigenvalue weighted by Gasteiger charge is -2.06. The summed E-state index contributed by atoms with van der Waals surface area (Å²) in [6.45, 7) is -0.0227. The molecule has 0 fully saturated rings. The van der Waals surface area contributed by atoms with Crippen LogP contribution >= 0.6 is 11.6 Å². The van der Waals surface area contributed by atoms with Crippen LogP contribution in [0.3, 0.4) is 0 Å². The van der Waals surface area contributed by atoms with Crippen LogP contribution in [-0.4, -0.2) is 12.4 Å². The van der Waals surface area contributed by atoms with Gasteiger partial charge in [-0.05, 0) is 36.4 Å². The fourth-order valence-corrected chi connectivity index (χ4v) is 1.60. The van der Waals surface area contributed by atoms with Gasteiger partial charge in [-0.25, -0.2) is 0 Å². The van der Waals surface area contributed by atoms with Gasteiger partial charge in [-0.3, -0.25) is 4.79 Å². The Kier molecular flexibility index (Phi) is 3.85. The van der Waals surface area contributed by atoms with E-state index in [0.717, 1.165) is 0 Å². The Bertz CT molecular complexity index is 552. The van der Waals surface area contributed by atoms with Gasteiger partial charge in [0.2, 0.25) is 0 Å². The summed E-state index contributed by atoms with van der Waals surface area (Å²) in [5.74, 6) is 0.478. The molecule has 2 aromatic carbocycles. The van der Waals surface area contributed by atoms with E-state index in [9.17, 15) is 4.79 Å². The number of ketones is 1. The van der Waals surface area contributed by atoms with E-state index in [4.69, 9.17) is 22.1 Å². The number of carbonyl (C=O) groups is 1. The molecule has 0 unspecified atom stereocenters. The highest BCUT2D eigenvalue weighted by Gasteiger charge is 2.06. The van der Waals surface area contributed by atoms with Crippen LogP contribution in [0.25, 0.3) is 0 Å². The molecule has 0 saturated carbocycles. The molecule has 0 aliphatic carbocycles. The summed E-state index contributed by atoms with van der Waals surface area (Å²) in [6.07, 6.45) is 0. The fraction of sp³-hybridized carbons (Fsp3) is 0.0714. The molecule has 0 radical (unpaired) electrons. The predicted molar refractivity (Wildman–Crippen MR) is 72.1 cm³/mol. The summed E-state index contributed by atoms with van der Waals surface area (Å²) in [5, 5.41) is 0.600. The lowest BCUT2D eigenvalue weighted by atomic mass is 10.1. The molecular formula is C14H12ClNO2. The van der Waals surface area contributed by atoms with Gasteiger partial charge in [0.05, 0.1) is 0 Å². The van der Waals surface area contributed by atoms with Crippen molar-refractivity contribution in [1.29, 1.82) is 0 Å². The van der Waals surface area contributed by atoms with Crippen LogP contribution < -0.4 is 10.5 Å². The van der Waals surface area contributed by atoms with Crippen LogP contribution in [0, 0.1) is 0 Å². The molecular weight excluding hydrogens is 250 g/mol. The largest absolute Gasteiger partial charge is 0.485 e. The van der Waals surface area contributed by atoms with Gasteiger partial charge in [-0.1, -0.05) is 17.7 Å². The van der Waals surface area contributed by atoms with Crippen molar-refractivity contribution in [3.63, 3.8) is 0 Å². The number of nitrogens with two attached hydrogens (primary N) is 1. The van der Waals surface area contributed by atoms with Crippen LogP contribution in [0.2, 0.25) is 5.02 Å². The van der Waals surface area contributed by atoms with Crippen molar-refractivity contribution >= 4 is 23.1 Å². The van der Waals surface area contributed by atoms with Crippen LogP contribution in [0.15, 0.2) is 48.5 Å². The standard InChI is InChI=1S/C14H12ClNO2/c15-11-6-4-10(5-7-11)14(17)9-18-13-3-1-2-12(16)8-13/h1-8H,9,16H2. The van der Waals surface area contributed by atoms with Crippen molar-refractivity contribution < 1.29 is 9.53 Å². The molecule has 0 spiro atoms. The molecule has 4 heteroatoms. The average Bonchev–Trinajstić information content (AvgIpc) is 2.37. The van der Waals surface area contributed by atoms with E-state index in [0.29, 0.717) is 22.0 Å². The molecule has 92 valence electrons. The quantitative estimate of drug-likeness (QED) is 0.679. The summed E-state index contributed by atoms with van der Waals surface area (Å²) >= 11 is 5.75.